The summed E-state index contributed by atoms with van der Waals surface area (Å²) in [6, 6.07) is 15.0. The van der Waals surface area contributed by atoms with Crippen molar-refractivity contribution in [2.24, 2.45) is 16.7 Å². The highest BCUT2D eigenvalue weighted by molar-refractivity contribution is 6.74. The van der Waals surface area contributed by atoms with Gasteiger partial charge in [-0.1, -0.05) is 87.1 Å². The number of benzene rings is 1. The smallest absolute Gasteiger partial charge is 0.338 e. The van der Waals surface area contributed by atoms with Crippen LogP contribution in [0.4, 0.5) is 0 Å². The van der Waals surface area contributed by atoms with E-state index in [4.69, 9.17) is 37.0 Å². The number of hydrogen-bond acceptors (Lipinski definition) is 10. The molecule has 0 aromatic heterocycles. The molecule has 2 aliphatic carbocycles. The molecule has 0 amide bonds. The van der Waals surface area contributed by atoms with E-state index in [0.29, 0.717) is 31.4 Å². The van der Waals surface area contributed by atoms with Crippen LogP contribution in [0.3, 0.4) is 0 Å². The molecule has 10 atom stereocenters. The van der Waals surface area contributed by atoms with E-state index in [0.717, 1.165) is 47.4 Å². The number of carbonyl (C=O) groups is 2. The highest BCUT2D eigenvalue weighted by Gasteiger charge is 2.75. The van der Waals surface area contributed by atoms with E-state index in [1.54, 1.807) is 18.2 Å². The number of ether oxygens (including phenoxy) is 5. The lowest BCUT2D eigenvalue weighted by Gasteiger charge is -2.67. The average Bonchev–Trinajstić information content (AvgIpc) is 3.65. The molecule has 0 N–H and O–H groups in total. The molecule has 10 nitrogen and oxygen atoms in total. The maximum absolute atomic E-state index is 14.5. The highest BCUT2D eigenvalue weighted by Crippen LogP contribution is 2.64. The van der Waals surface area contributed by atoms with E-state index in [-0.39, 0.29) is 18.8 Å². The topological polar surface area (TPSA) is 108 Å². The van der Waals surface area contributed by atoms with Crippen LogP contribution in [-0.2, 0) is 41.8 Å². The van der Waals surface area contributed by atoms with E-state index >= 15 is 0 Å². The predicted octanol–water partition coefficient (Wildman–Crippen LogP) is 10.4. The van der Waals surface area contributed by atoms with Crippen LogP contribution in [0.25, 0.3) is 0 Å². The van der Waals surface area contributed by atoms with Crippen molar-refractivity contribution in [3.05, 3.63) is 59.7 Å². The number of rotatable bonds is 19. The summed E-state index contributed by atoms with van der Waals surface area (Å²) in [6.07, 6.45) is -0.299. The van der Waals surface area contributed by atoms with Crippen molar-refractivity contribution in [3.8, 4) is 0 Å². The van der Waals surface area contributed by atoms with Gasteiger partial charge in [-0.2, -0.15) is 0 Å². The summed E-state index contributed by atoms with van der Waals surface area (Å²) in [5, 5.41) is 0. The van der Waals surface area contributed by atoms with Crippen molar-refractivity contribution >= 4 is 37.6 Å². The third-order valence-electron chi connectivity index (χ3n) is 15.0. The monoisotopic (exact) mass is 885 g/mol. The first-order valence-corrected chi connectivity index (χ1v) is 30.4. The first-order valence-electron chi connectivity index (χ1n) is 22.9. The zero-order valence-corrected chi connectivity index (χ0v) is 42.2. The lowest BCUT2D eigenvalue weighted by molar-refractivity contribution is -0.345. The second-order valence-corrected chi connectivity index (χ2v) is 30.4. The van der Waals surface area contributed by atoms with Gasteiger partial charge in [0.25, 0.3) is 0 Å². The maximum Gasteiger partial charge on any atom is 0.338 e. The van der Waals surface area contributed by atoms with Crippen molar-refractivity contribution in [2.45, 2.75) is 193 Å². The van der Waals surface area contributed by atoms with Crippen molar-refractivity contribution in [3.63, 3.8) is 0 Å². The molecule has 2 heterocycles. The van der Waals surface area contributed by atoms with Crippen LogP contribution in [0, 0.1) is 16.7 Å². The summed E-state index contributed by atoms with van der Waals surface area (Å²) in [6.45, 7) is 33.1. The lowest BCUT2D eigenvalue weighted by atomic mass is 9.48. The summed E-state index contributed by atoms with van der Waals surface area (Å²) < 4.78 is 55.6. The van der Waals surface area contributed by atoms with Crippen molar-refractivity contribution in [1.29, 1.82) is 0 Å². The molecule has 4 fully saturated rings. The Labute approximate surface area is 365 Å². The Morgan fingerprint density at radius 2 is 1.55 bits per heavy atom. The lowest BCUT2D eigenvalue weighted by Crippen LogP contribution is -2.79. The quantitative estimate of drug-likeness (QED) is 0.0757. The van der Waals surface area contributed by atoms with Gasteiger partial charge < -0.3 is 37.0 Å². The summed E-state index contributed by atoms with van der Waals surface area (Å²) in [5.74, 6) is -1.41. The number of hydrogen-bond donors (Lipinski definition) is 0. The van der Waals surface area contributed by atoms with Gasteiger partial charge in [0.1, 0.15) is 18.3 Å². The molecule has 1 aromatic carbocycles. The Balaban J connectivity index is 1.83. The van der Waals surface area contributed by atoms with Gasteiger partial charge in [0.2, 0.25) is 9.04 Å². The summed E-state index contributed by atoms with van der Waals surface area (Å²) in [7, 11) is -5.34. The Morgan fingerprint density at radius 3 is 2.07 bits per heavy atom. The average molecular weight is 886 g/mol. The van der Waals surface area contributed by atoms with E-state index < -0.39 is 90.7 Å². The molecule has 2 saturated heterocycles. The predicted molar refractivity (Wildman–Crippen MR) is 243 cm³/mol. The van der Waals surface area contributed by atoms with Crippen LogP contribution < -0.4 is 0 Å². The van der Waals surface area contributed by atoms with Gasteiger partial charge in [-0.3, -0.25) is 4.79 Å². The Morgan fingerprint density at radius 1 is 0.933 bits per heavy atom. The largest absolute Gasteiger partial charge is 0.458 e. The van der Waals surface area contributed by atoms with Gasteiger partial charge in [-0.15, -0.1) is 0 Å². The van der Waals surface area contributed by atoms with Crippen LogP contribution in [0.15, 0.2) is 54.1 Å². The van der Waals surface area contributed by atoms with E-state index in [1.807, 2.05) is 18.2 Å². The number of esters is 2. The molecule has 1 aromatic rings. The SMILES string of the molecule is C=CC1OC2/C(=C(\C)C(CCO[Si](C)C)O[Si](CC)(CC)CC)C(C)(C)CC(OC(=O)c3ccccc3)C3C4(OC(C)=O)COC4CC(O[Si](CC)(CC)CC)[C@@]3(C)C2O1. The van der Waals surface area contributed by atoms with E-state index in [2.05, 4.69) is 88.9 Å². The van der Waals surface area contributed by atoms with Crippen LogP contribution in [0.2, 0.25) is 49.4 Å². The van der Waals surface area contributed by atoms with Gasteiger partial charge in [0.05, 0.1) is 36.4 Å². The number of carbonyl (C=O) groups excluding carboxylic acids is 2. The third kappa shape index (κ3) is 9.45. The third-order valence-corrected chi connectivity index (χ3v) is 25.1. The molecule has 1 radical (unpaired) electrons. The first kappa shape index (κ1) is 49.1. The molecule has 60 heavy (non-hydrogen) atoms. The molecule has 0 bridgehead atoms. The molecule has 5 rings (SSSR count). The standard InChI is InChI=1S/C47H77O10Si3/c1-15-39-53-41-40(32(8)35(27-28-51-58(13)14)56-59(16-2,17-3)18-4)45(10,11)30-36(52-44(49)34-25-23-22-24-26-34)42-46(12,43(41)54-39)37(57-60(19-5,20-6)21-7)29-38-47(42,31-50-38)55-33(9)48/h15,22-26,35-39,41-43H,1,16-21,27-31H2,2-14H3/b40-32-/t35?,36?,37?,38?,39?,41?,42?,43?,46-,47?/m1/s1. The van der Waals surface area contributed by atoms with E-state index in [9.17, 15) is 9.59 Å². The molecule has 337 valence electrons. The van der Waals surface area contributed by atoms with Crippen molar-refractivity contribution in [2.75, 3.05) is 13.2 Å². The fourth-order valence-electron chi connectivity index (χ4n) is 11.3. The van der Waals surface area contributed by atoms with Crippen LogP contribution in [-0.4, -0.2) is 99.3 Å². The Hall–Kier alpha value is -1.95. The molecule has 13 heteroatoms. The minimum Gasteiger partial charge on any atom is -0.458 e. The zero-order chi connectivity index (χ0) is 44.3. The van der Waals surface area contributed by atoms with Crippen LogP contribution in [0.5, 0.6) is 0 Å². The maximum atomic E-state index is 14.5. The van der Waals surface area contributed by atoms with Gasteiger partial charge in [-0.25, -0.2) is 4.79 Å². The minimum atomic E-state index is -2.29. The van der Waals surface area contributed by atoms with Crippen LogP contribution in [0.1, 0.15) is 106 Å². The second kappa shape index (κ2) is 19.8. The fraction of sp³-hybridized carbons (Fsp3) is 0.745. The van der Waals surface area contributed by atoms with Gasteiger partial charge in [0.15, 0.2) is 28.5 Å². The Bertz CT molecular complexity index is 1640. The van der Waals surface area contributed by atoms with Crippen molar-refractivity contribution < 1.29 is 46.6 Å². The van der Waals surface area contributed by atoms with Crippen LogP contribution >= 0.6 is 0 Å². The summed E-state index contributed by atoms with van der Waals surface area (Å²) >= 11 is 0. The highest BCUT2D eigenvalue weighted by atomic mass is 28.4. The number of fused-ring (bicyclic) bond motifs is 5. The van der Waals surface area contributed by atoms with Gasteiger partial charge in [0, 0.05) is 25.4 Å². The summed E-state index contributed by atoms with van der Waals surface area (Å²) in [4.78, 5) is 27.8. The Kier molecular flexibility index (Phi) is 16.2. The molecular weight excluding hydrogens is 809 g/mol. The summed E-state index contributed by atoms with van der Waals surface area (Å²) in [5.41, 5.74) is 0.0260. The molecule has 9 unspecified atom stereocenters. The molecule has 2 saturated carbocycles. The second-order valence-electron chi connectivity index (χ2n) is 18.9. The normalized spacial score (nSPS) is 32.7. The molecule has 4 aliphatic rings. The van der Waals surface area contributed by atoms with E-state index in [1.165, 1.54) is 6.92 Å². The first-order chi connectivity index (χ1) is 28.4. The zero-order valence-electron chi connectivity index (χ0n) is 39.2. The fourth-order valence-corrected chi connectivity index (χ4v) is 17.7. The minimum absolute atomic E-state index is 0.179. The molecular formula is C47H77O10Si3. The van der Waals surface area contributed by atoms with Gasteiger partial charge in [-0.05, 0) is 104 Å². The molecule has 2 aliphatic heterocycles. The van der Waals surface area contributed by atoms with Crippen molar-refractivity contribution in [1.82, 2.24) is 0 Å². The molecule has 0 spiro atoms. The van der Waals surface area contributed by atoms with Gasteiger partial charge >= 0.3 is 11.9 Å².